The minimum Gasteiger partial charge on any atom is -0.489 e. The topological polar surface area (TPSA) is 87.7 Å². The van der Waals surface area contributed by atoms with Crippen molar-refractivity contribution in [1.29, 1.82) is 0 Å². The van der Waals surface area contributed by atoms with E-state index < -0.39 is 29.9 Å². The number of imide groups is 1. The maximum Gasteiger partial charge on any atom is 0.325 e. The number of benzene rings is 2. The molecule has 31 heavy (non-hydrogen) atoms. The first-order valence-corrected chi connectivity index (χ1v) is 10.1. The van der Waals surface area contributed by atoms with Crippen LogP contribution in [0, 0.1) is 6.92 Å². The number of carbonyl (C=O) groups excluding carboxylic acids is 3. The molecule has 1 fully saturated rings. The molecule has 2 aromatic rings. The molecule has 8 heteroatoms. The van der Waals surface area contributed by atoms with Crippen molar-refractivity contribution in [1.82, 2.24) is 10.2 Å². The van der Waals surface area contributed by atoms with Gasteiger partial charge in [-0.3, -0.25) is 14.5 Å². The highest BCUT2D eigenvalue weighted by Gasteiger charge is 2.49. The molecular formula is C23H24ClN3O4. The third kappa shape index (κ3) is 4.88. The van der Waals surface area contributed by atoms with Crippen LogP contribution in [0.4, 0.5) is 10.5 Å². The van der Waals surface area contributed by atoms with Gasteiger partial charge in [-0.1, -0.05) is 36.4 Å². The van der Waals surface area contributed by atoms with Gasteiger partial charge in [0.1, 0.15) is 24.4 Å². The van der Waals surface area contributed by atoms with Gasteiger partial charge in [-0.15, -0.1) is 0 Å². The Hall–Kier alpha value is -3.32. The predicted molar refractivity (Wildman–Crippen MR) is 119 cm³/mol. The van der Waals surface area contributed by atoms with Gasteiger partial charge in [-0.25, -0.2) is 4.79 Å². The Kier molecular flexibility index (Phi) is 6.36. The molecule has 0 radical (unpaired) electrons. The lowest BCUT2D eigenvalue weighted by Crippen LogP contribution is -2.42. The molecule has 0 aromatic heterocycles. The van der Waals surface area contributed by atoms with Crippen molar-refractivity contribution in [3.05, 3.63) is 70.8 Å². The zero-order valence-electron chi connectivity index (χ0n) is 17.6. The predicted octanol–water partition coefficient (Wildman–Crippen LogP) is 4.01. The lowest BCUT2D eigenvalue weighted by atomic mass is 9.92. The smallest absolute Gasteiger partial charge is 0.325 e. The summed E-state index contributed by atoms with van der Waals surface area (Å²) in [5, 5.41) is 5.85. The second-order valence-corrected chi connectivity index (χ2v) is 8.14. The molecule has 1 aliphatic heterocycles. The van der Waals surface area contributed by atoms with E-state index in [-0.39, 0.29) is 0 Å². The molecule has 1 atom stereocenters. The van der Waals surface area contributed by atoms with Gasteiger partial charge in [-0.05, 0) is 61.7 Å². The highest BCUT2D eigenvalue weighted by Crippen LogP contribution is 2.30. The van der Waals surface area contributed by atoms with Crippen molar-refractivity contribution < 1.29 is 19.1 Å². The SMILES string of the molecule is C=C(C)COc1ccc(C2(C)NC(=O)N(CC(=O)Nc3ccc(C)c(Cl)c3)C2=O)cc1. The first-order chi connectivity index (χ1) is 14.6. The maximum absolute atomic E-state index is 13.0. The molecule has 1 aliphatic rings. The molecule has 1 saturated heterocycles. The fourth-order valence-corrected chi connectivity index (χ4v) is 3.32. The van der Waals surface area contributed by atoms with Gasteiger partial charge in [-0.2, -0.15) is 0 Å². The molecule has 2 N–H and O–H groups in total. The number of halogens is 1. The summed E-state index contributed by atoms with van der Waals surface area (Å²) in [6, 6.07) is 11.3. The Bertz CT molecular complexity index is 1050. The van der Waals surface area contributed by atoms with E-state index in [2.05, 4.69) is 17.2 Å². The number of amides is 4. The van der Waals surface area contributed by atoms with E-state index in [9.17, 15) is 14.4 Å². The van der Waals surface area contributed by atoms with Crippen molar-refractivity contribution in [3.63, 3.8) is 0 Å². The Morgan fingerprint density at radius 1 is 1.23 bits per heavy atom. The van der Waals surface area contributed by atoms with Crippen LogP contribution in [0.5, 0.6) is 5.75 Å². The van der Waals surface area contributed by atoms with Crippen LogP contribution in [-0.4, -0.2) is 35.9 Å². The summed E-state index contributed by atoms with van der Waals surface area (Å²) in [7, 11) is 0. The molecule has 3 rings (SSSR count). The van der Waals surface area contributed by atoms with Gasteiger partial charge in [0.2, 0.25) is 5.91 Å². The largest absolute Gasteiger partial charge is 0.489 e. The monoisotopic (exact) mass is 441 g/mol. The quantitative estimate of drug-likeness (QED) is 0.502. The van der Waals surface area contributed by atoms with Gasteiger partial charge < -0.3 is 15.4 Å². The molecular weight excluding hydrogens is 418 g/mol. The molecule has 1 unspecified atom stereocenters. The van der Waals surface area contributed by atoms with Crippen LogP contribution in [0.25, 0.3) is 0 Å². The third-order valence-electron chi connectivity index (χ3n) is 4.95. The van der Waals surface area contributed by atoms with Crippen LogP contribution < -0.4 is 15.4 Å². The van der Waals surface area contributed by atoms with Crippen molar-refractivity contribution in [2.75, 3.05) is 18.5 Å². The summed E-state index contributed by atoms with van der Waals surface area (Å²) in [5.41, 5.74) is 1.55. The maximum atomic E-state index is 13.0. The Labute approximate surface area is 186 Å². The van der Waals surface area contributed by atoms with E-state index in [0.29, 0.717) is 28.6 Å². The number of rotatable bonds is 7. The van der Waals surface area contributed by atoms with E-state index in [1.807, 2.05) is 13.8 Å². The summed E-state index contributed by atoms with van der Waals surface area (Å²) in [4.78, 5) is 38.8. The molecule has 1 heterocycles. The summed E-state index contributed by atoms with van der Waals surface area (Å²) >= 11 is 6.07. The fraction of sp³-hybridized carbons (Fsp3) is 0.261. The zero-order valence-corrected chi connectivity index (χ0v) is 18.4. The molecule has 2 aromatic carbocycles. The second kappa shape index (κ2) is 8.81. The van der Waals surface area contributed by atoms with Crippen molar-refractivity contribution >= 4 is 35.1 Å². The molecule has 162 valence electrons. The van der Waals surface area contributed by atoms with Crippen LogP contribution in [0.2, 0.25) is 5.02 Å². The van der Waals surface area contributed by atoms with Gasteiger partial charge in [0.15, 0.2) is 0 Å². The standard InChI is InChI=1S/C23H24ClN3O4/c1-14(2)13-31-18-9-6-16(7-10-18)23(4)21(29)27(22(30)26-23)12-20(28)25-17-8-5-15(3)19(24)11-17/h5-11H,1,12-13H2,2-4H3,(H,25,28)(H,26,30). The van der Waals surface area contributed by atoms with E-state index in [4.69, 9.17) is 16.3 Å². The second-order valence-electron chi connectivity index (χ2n) is 7.73. The molecule has 0 saturated carbocycles. The summed E-state index contributed by atoms with van der Waals surface area (Å²) in [6.07, 6.45) is 0. The Balaban J connectivity index is 1.69. The van der Waals surface area contributed by atoms with E-state index in [1.165, 1.54) is 0 Å². The number of urea groups is 1. The molecule has 0 bridgehead atoms. The molecule has 0 spiro atoms. The number of hydrogen-bond donors (Lipinski definition) is 2. The van der Waals surface area contributed by atoms with Gasteiger partial charge in [0.05, 0.1) is 0 Å². The van der Waals surface area contributed by atoms with Crippen LogP contribution in [0.15, 0.2) is 54.6 Å². The number of hydrogen-bond acceptors (Lipinski definition) is 4. The number of nitrogens with one attached hydrogen (secondary N) is 2. The van der Waals surface area contributed by atoms with Gasteiger partial charge in [0, 0.05) is 10.7 Å². The minimum atomic E-state index is -1.28. The number of nitrogens with zero attached hydrogens (tertiary/aromatic N) is 1. The lowest BCUT2D eigenvalue weighted by molar-refractivity contribution is -0.133. The fourth-order valence-electron chi connectivity index (χ4n) is 3.14. The van der Waals surface area contributed by atoms with Gasteiger partial charge in [0.25, 0.3) is 5.91 Å². The average Bonchev–Trinajstić information content (AvgIpc) is 2.93. The number of anilines is 1. The van der Waals surface area contributed by atoms with Crippen LogP contribution in [0.3, 0.4) is 0 Å². The minimum absolute atomic E-state index is 0.390. The van der Waals surface area contributed by atoms with Crippen molar-refractivity contribution in [2.24, 2.45) is 0 Å². The normalized spacial score (nSPS) is 18.0. The van der Waals surface area contributed by atoms with E-state index in [0.717, 1.165) is 16.0 Å². The summed E-state index contributed by atoms with van der Waals surface area (Å²) in [5.74, 6) is -0.387. The molecule has 7 nitrogen and oxygen atoms in total. The Morgan fingerprint density at radius 2 is 1.90 bits per heavy atom. The molecule has 4 amide bonds. The van der Waals surface area contributed by atoms with Crippen molar-refractivity contribution in [2.45, 2.75) is 26.3 Å². The average molecular weight is 442 g/mol. The summed E-state index contributed by atoms with van der Waals surface area (Å²) < 4.78 is 5.57. The van der Waals surface area contributed by atoms with Crippen LogP contribution in [-0.2, 0) is 15.1 Å². The van der Waals surface area contributed by atoms with Gasteiger partial charge >= 0.3 is 6.03 Å². The highest BCUT2D eigenvalue weighted by molar-refractivity contribution is 6.31. The van der Waals surface area contributed by atoms with Crippen LogP contribution >= 0.6 is 11.6 Å². The summed E-state index contributed by atoms with van der Waals surface area (Å²) in [6.45, 7) is 9.08. The van der Waals surface area contributed by atoms with Crippen LogP contribution in [0.1, 0.15) is 25.0 Å². The van der Waals surface area contributed by atoms with E-state index >= 15 is 0 Å². The Morgan fingerprint density at radius 3 is 2.52 bits per heavy atom. The number of carbonyl (C=O) groups is 3. The molecule has 0 aliphatic carbocycles. The van der Waals surface area contributed by atoms with E-state index in [1.54, 1.807) is 49.4 Å². The zero-order chi connectivity index (χ0) is 22.8. The highest BCUT2D eigenvalue weighted by atomic mass is 35.5. The first-order valence-electron chi connectivity index (χ1n) is 9.68. The number of aryl methyl sites for hydroxylation is 1. The first kappa shape index (κ1) is 22.4. The lowest BCUT2D eigenvalue weighted by Gasteiger charge is -2.22. The third-order valence-corrected chi connectivity index (χ3v) is 5.36. The van der Waals surface area contributed by atoms with Crippen molar-refractivity contribution in [3.8, 4) is 5.75 Å². The number of ether oxygens (including phenoxy) is 1.